The van der Waals surface area contributed by atoms with Crippen LogP contribution in [0.1, 0.15) is 62.5 Å². The minimum absolute atomic E-state index is 0.0840. The summed E-state index contributed by atoms with van der Waals surface area (Å²) in [5.74, 6) is -0.910. The number of methoxy groups -OCH3 is 1. The largest absolute Gasteiger partial charge is 0.465 e. The number of nitrogens with one attached hydrogen (secondary N) is 1. The average molecular weight is 457 g/mol. The molecule has 3 rings (SSSR count). The molecule has 7 nitrogen and oxygen atoms in total. The van der Waals surface area contributed by atoms with Crippen LogP contribution < -0.4 is 10.1 Å². The van der Waals surface area contributed by atoms with E-state index in [0.717, 1.165) is 15.8 Å². The van der Waals surface area contributed by atoms with Crippen LogP contribution in [0.4, 0.5) is 8.78 Å². The van der Waals surface area contributed by atoms with Crippen molar-refractivity contribution in [1.82, 2.24) is 15.1 Å². The number of aromatic nitrogens is 2. The average Bonchev–Trinajstić information content (AvgIpc) is 3.12. The molecule has 0 unspecified atom stereocenters. The number of carbonyl (C=O) groups excluding carboxylic acids is 2. The Hall–Kier alpha value is -3.75. The molecule has 0 saturated heterocycles. The molecule has 0 radical (unpaired) electrons. The molecule has 1 aromatic heterocycles. The van der Waals surface area contributed by atoms with E-state index in [2.05, 4.69) is 15.2 Å². The molecule has 33 heavy (non-hydrogen) atoms. The molecule has 3 aromatic rings. The smallest absolute Gasteiger partial charge is 0.337 e. The second kappa shape index (κ2) is 9.81. The summed E-state index contributed by atoms with van der Waals surface area (Å²) in [6.07, 6.45) is -2.97. The van der Waals surface area contributed by atoms with Gasteiger partial charge in [-0.05, 0) is 61.7 Å². The molecule has 0 bridgehead atoms. The number of amides is 1. The van der Waals surface area contributed by atoms with Gasteiger partial charge in [0.25, 0.3) is 12.3 Å². The number of ether oxygens (including phenoxy) is 2. The fourth-order valence-corrected chi connectivity index (χ4v) is 3.28. The maximum atomic E-state index is 13.7. The first-order valence-corrected chi connectivity index (χ1v) is 10.2. The summed E-state index contributed by atoms with van der Waals surface area (Å²) in [5.41, 5.74) is 2.04. The number of aryl methyl sites for hydroxylation is 3. The monoisotopic (exact) mass is 457 g/mol. The van der Waals surface area contributed by atoms with Gasteiger partial charge in [0.15, 0.2) is 0 Å². The van der Waals surface area contributed by atoms with Crippen LogP contribution in [0.25, 0.3) is 0 Å². The molecule has 0 aliphatic heterocycles. The van der Waals surface area contributed by atoms with Crippen molar-refractivity contribution in [3.63, 3.8) is 0 Å². The Labute approximate surface area is 190 Å². The van der Waals surface area contributed by atoms with Gasteiger partial charge in [-0.1, -0.05) is 18.2 Å². The summed E-state index contributed by atoms with van der Waals surface area (Å²) in [5, 5.41) is 6.53. The standard InChI is InChI=1S/C24H25F2N3O4/c1-13-6-11-18(12-14(13)2)33-23-19(20(21(25)26)28-29(23)4)22(30)27-15(3)16-7-9-17(10-8-16)24(31)32-5/h6-12,15,21H,1-5H3,(H,27,30)/t15-/m0/s1. The van der Waals surface area contributed by atoms with Crippen molar-refractivity contribution in [1.29, 1.82) is 0 Å². The van der Waals surface area contributed by atoms with Crippen molar-refractivity contribution in [3.05, 3.63) is 76.0 Å². The number of benzene rings is 2. The lowest BCUT2D eigenvalue weighted by Crippen LogP contribution is -2.27. The summed E-state index contributed by atoms with van der Waals surface area (Å²) in [6, 6.07) is 11.2. The molecule has 0 saturated carbocycles. The second-order valence-electron chi connectivity index (χ2n) is 7.65. The zero-order valence-corrected chi connectivity index (χ0v) is 19.0. The molecule has 0 fully saturated rings. The number of carbonyl (C=O) groups is 2. The van der Waals surface area contributed by atoms with Gasteiger partial charge in [0.05, 0.1) is 18.7 Å². The van der Waals surface area contributed by atoms with E-state index in [0.29, 0.717) is 16.9 Å². The van der Waals surface area contributed by atoms with Gasteiger partial charge in [0.1, 0.15) is 17.0 Å². The van der Waals surface area contributed by atoms with Crippen LogP contribution in [0.3, 0.4) is 0 Å². The number of nitrogens with zero attached hydrogens (tertiary/aromatic N) is 2. The van der Waals surface area contributed by atoms with Gasteiger partial charge in [0.2, 0.25) is 5.88 Å². The van der Waals surface area contributed by atoms with Gasteiger partial charge < -0.3 is 14.8 Å². The Kier molecular flexibility index (Phi) is 7.10. The van der Waals surface area contributed by atoms with E-state index >= 15 is 0 Å². The predicted molar refractivity (Wildman–Crippen MR) is 118 cm³/mol. The van der Waals surface area contributed by atoms with E-state index in [-0.39, 0.29) is 11.4 Å². The third-order valence-electron chi connectivity index (χ3n) is 5.33. The molecule has 1 amide bonds. The summed E-state index contributed by atoms with van der Waals surface area (Å²) < 4.78 is 39.0. The van der Waals surface area contributed by atoms with E-state index in [1.165, 1.54) is 14.2 Å². The van der Waals surface area contributed by atoms with E-state index in [4.69, 9.17) is 4.74 Å². The Morgan fingerprint density at radius 2 is 1.73 bits per heavy atom. The predicted octanol–water partition coefficient (Wildman–Crippen LogP) is 5.04. The zero-order valence-electron chi connectivity index (χ0n) is 19.0. The number of alkyl halides is 2. The van der Waals surface area contributed by atoms with Crippen molar-refractivity contribution in [2.45, 2.75) is 33.2 Å². The first kappa shape index (κ1) is 23.9. The molecule has 1 atom stereocenters. The molecule has 0 aliphatic rings. The van der Waals surface area contributed by atoms with Crippen LogP contribution in [0.2, 0.25) is 0 Å². The third-order valence-corrected chi connectivity index (χ3v) is 5.33. The summed E-state index contributed by atoms with van der Waals surface area (Å²) in [6.45, 7) is 5.54. The van der Waals surface area contributed by atoms with Crippen LogP contribution in [0.5, 0.6) is 11.6 Å². The molecule has 174 valence electrons. The SMILES string of the molecule is COC(=O)c1ccc([C@H](C)NC(=O)c2c(C(F)F)nn(C)c2Oc2ccc(C)c(C)c2)cc1. The van der Waals surface area contributed by atoms with Crippen LogP contribution in [0.15, 0.2) is 42.5 Å². The topological polar surface area (TPSA) is 82.5 Å². The molecular weight excluding hydrogens is 432 g/mol. The lowest BCUT2D eigenvalue weighted by atomic mass is 10.1. The maximum absolute atomic E-state index is 13.7. The number of rotatable bonds is 7. The van der Waals surface area contributed by atoms with Gasteiger partial charge in [-0.15, -0.1) is 0 Å². The summed E-state index contributed by atoms with van der Waals surface area (Å²) in [7, 11) is 2.72. The van der Waals surface area contributed by atoms with Crippen molar-refractivity contribution in [2.75, 3.05) is 7.11 Å². The molecule has 0 spiro atoms. The first-order valence-electron chi connectivity index (χ1n) is 10.2. The Morgan fingerprint density at radius 3 is 2.30 bits per heavy atom. The van der Waals surface area contributed by atoms with Gasteiger partial charge in [-0.3, -0.25) is 4.79 Å². The van der Waals surface area contributed by atoms with E-state index < -0.39 is 30.0 Å². The van der Waals surface area contributed by atoms with Crippen molar-refractivity contribution >= 4 is 11.9 Å². The number of hydrogen-bond acceptors (Lipinski definition) is 5. The third kappa shape index (κ3) is 5.19. The van der Waals surface area contributed by atoms with Crippen LogP contribution in [-0.2, 0) is 11.8 Å². The minimum atomic E-state index is -2.97. The van der Waals surface area contributed by atoms with Crippen LogP contribution in [0, 0.1) is 13.8 Å². The molecule has 0 aliphatic carbocycles. The van der Waals surface area contributed by atoms with Gasteiger partial charge in [0, 0.05) is 7.05 Å². The van der Waals surface area contributed by atoms with Crippen molar-refractivity contribution in [3.8, 4) is 11.6 Å². The molecule has 9 heteroatoms. The summed E-state index contributed by atoms with van der Waals surface area (Å²) >= 11 is 0. The minimum Gasteiger partial charge on any atom is -0.465 e. The Bertz CT molecular complexity index is 1170. The fourth-order valence-electron chi connectivity index (χ4n) is 3.28. The highest BCUT2D eigenvalue weighted by atomic mass is 19.3. The van der Waals surface area contributed by atoms with Crippen LogP contribution in [-0.4, -0.2) is 28.8 Å². The van der Waals surface area contributed by atoms with Crippen molar-refractivity contribution < 1.29 is 27.8 Å². The fraction of sp³-hybridized carbons (Fsp3) is 0.292. The van der Waals surface area contributed by atoms with Gasteiger partial charge in [-0.2, -0.15) is 5.10 Å². The zero-order chi connectivity index (χ0) is 24.3. The van der Waals surface area contributed by atoms with Crippen molar-refractivity contribution in [2.24, 2.45) is 7.05 Å². The highest BCUT2D eigenvalue weighted by Gasteiger charge is 2.30. The van der Waals surface area contributed by atoms with E-state index in [9.17, 15) is 18.4 Å². The molecule has 1 N–H and O–H groups in total. The molecular formula is C24H25F2N3O4. The highest BCUT2D eigenvalue weighted by molar-refractivity contribution is 5.98. The van der Waals surface area contributed by atoms with Gasteiger partial charge in [-0.25, -0.2) is 18.3 Å². The second-order valence-corrected chi connectivity index (χ2v) is 7.65. The quantitative estimate of drug-likeness (QED) is 0.503. The lowest BCUT2D eigenvalue weighted by molar-refractivity contribution is 0.0600. The number of halogens is 2. The molecule has 2 aromatic carbocycles. The van der Waals surface area contributed by atoms with Gasteiger partial charge >= 0.3 is 5.97 Å². The maximum Gasteiger partial charge on any atom is 0.337 e. The van der Waals surface area contributed by atoms with E-state index in [1.54, 1.807) is 43.3 Å². The Balaban J connectivity index is 1.89. The normalized spacial score (nSPS) is 11.9. The first-order chi connectivity index (χ1) is 15.6. The highest BCUT2D eigenvalue weighted by Crippen LogP contribution is 2.33. The number of hydrogen-bond donors (Lipinski definition) is 1. The Morgan fingerprint density at radius 1 is 1.06 bits per heavy atom. The summed E-state index contributed by atoms with van der Waals surface area (Å²) in [4.78, 5) is 24.7. The molecule has 1 heterocycles. The lowest BCUT2D eigenvalue weighted by Gasteiger charge is -2.16. The van der Waals surface area contributed by atoms with E-state index in [1.807, 2.05) is 19.9 Å². The van der Waals surface area contributed by atoms with Crippen LogP contribution >= 0.6 is 0 Å². The number of esters is 1.